The van der Waals surface area contributed by atoms with Gasteiger partial charge < -0.3 is 5.73 Å². The first-order valence-corrected chi connectivity index (χ1v) is 6.31. The van der Waals surface area contributed by atoms with Crippen LogP contribution in [0.1, 0.15) is 26.3 Å². The molecular formula is C14H18N4O2. The summed E-state index contributed by atoms with van der Waals surface area (Å²) in [5, 5.41) is 15.5. The first kappa shape index (κ1) is 14.0. The van der Waals surface area contributed by atoms with Gasteiger partial charge >= 0.3 is 0 Å². The standard InChI is InChI=1S/C14H18N4O2/c1-9-5-6-10(7-12(9)18(19)20)13-11(15)8-17(16-13)14(2,3)4/h5-8H,15H2,1-4H3. The molecule has 6 heteroatoms. The van der Waals surface area contributed by atoms with Gasteiger partial charge in [0.05, 0.1) is 16.1 Å². The highest BCUT2D eigenvalue weighted by Crippen LogP contribution is 2.30. The zero-order valence-corrected chi connectivity index (χ0v) is 12.0. The summed E-state index contributed by atoms with van der Waals surface area (Å²) in [6, 6.07) is 5.03. The van der Waals surface area contributed by atoms with E-state index in [2.05, 4.69) is 5.10 Å². The third-order valence-corrected chi connectivity index (χ3v) is 3.11. The number of aryl methyl sites for hydroxylation is 1. The summed E-state index contributed by atoms with van der Waals surface area (Å²) >= 11 is 0. The van der Waals surface area contributed by atoms with Crippen LogP contribution in [0.15, 0.2) is 24.4 Å². The fourth-order valence-electron chi connectivity index (χ4n) is 1.91. The largest absolute Gasteiger partial charge is 0.396 e. The zero-order chi connectivity index (χ0) is 15.1. The minimum absolute atomic E-state index is 0.0761. The molecule has 6 nitrogen and oxygen atoms in total. The molecule has 0 atom stereocenters. The molecule has 0 unspecified atom stereocenters. The average molecular weight is 274 g/mol. The van der Waals surface area contributed by atoms with Gasteiger partial charge in [-0.25, -0.2) is 0 Å². The van der Waals surface area contributed by atoms with E-state index in [1.807, 2.05) is 20.8 Å². The van der Waals surface area contributed by atoms with Crippen molar-refractivity contribution in [3.05, 3.63) is 40.1 Å². The molecule has 20 heavy (non-hydrogen) atoms. The van der Waals surface area contributed by atoms with Crippen LogP contribution in [0.5, 0.6) is 0 Å². The van der Waals surface area contributed by atoms with E-state index < -0.39 is 4.92 Å². The molecule has 0 spiro atoms. The first-order chi connectivity index (χ1) is 9.20. The van der Waals surface area contributed by atoms with Crippen molar-refractivity contribution in [3.8, 4) is 11.3 Å². The van der Waals surface area contributed by atoms with Gasteiger partial charge in [0.15, 0.2) is 0 Å². The molecule has 2 N–H and O–H groups in total. The van der Waals surface area contributed by atoms with Crippen molar-refractivity contribution in [2.75, 3.05) is 5.73 Å². The Morgan fingerprint density at radius 1 is 1.35 bits per heavy atom. The van der Waals surface area contributed by atoms with Crippen LogP contribution in [0.3, 0.4) is 0 Å². The molecule has 106 valence electrons. The Morgan fingerprint density at radius 3 is 2.50 bits per heavy atom. The molecule has 0 radical (unpaired) electrons. The molecule has 0 aliphatic carbocycles. The third kappa shape index (κ3) is 2.49. The summed E-state index contributed by atoms with van der Waals surface area (Å²) in [5.41, 5.74) is 8.22. The molecule has 0 aliphatic rings. The van der Waals surface area contributed by atoms with E-state index in [-0.39, 0.29) is 11.2 Å². The number of nitrogen functional groups attached to an aromatic ring is 1. The van der Waals surface area contributed by atoms with Crippen molar-refractivity contribution < 1.29 is 4.92 Å². The Labute approximate surface area is 117 Å². The van der Waals surface area contributed by atoms with Crippen LogP contribution in [-0.4, -0.2) is 14.7 Å². The van der Waals surface area contributed by atoms with Gasteiger partial charge in [0, 0.05) is 23.4 Å². The van der Waals surface area contributed by atoms with E-state index in [0.717, 1.165) is 0 Å². The highest BCUT2D eigenvalue weighted by Gasteiger charge is 2.19. The Hall–Kier alpha value is -2.37. The van der Waals surface area contributed by atoms with Crippen LogP contribution in [-0.2, 0) is 5.54 Å². The minimum atomic E-state index is -0.393. The zero-order valence-electron chi connectivity index (χ0n) is 12.0. The molecule has 0 bridgehead atoms. The fourth-order valence-corrected chi connectivity index (χ4v) is 1.91. The summed E-state index contributed by atoms with van der Waals surface area (Å²) in [5.74, 6) is 0. The maximum atomic E-state index is 11.0. The molecule has 2 aromatic rings. The summed E-state index contributed by atoms with van der Waals surface area (Å²) in [6.45, 7) is 7.75. The first-order valence-electron chi connectivity index (χ1n) is 6.31. The number of benzene rings is 1. The van der Waals surface area contributed by atoms with E-state index >= 15 is 0 Å². The number of anilines is 1. The Kier molecular flexibility index (Phi) is 3.25. The lowest BCUT2D eigenvalue weighted by molar-refractivity contribution is -0.385. The van der Waals surface area contributed by atoms with Crippen LogP contribution in [0.4, 0.5) is 11.4 Å². The number of nitrogens with two attached hydrogens (primary N) is 1. The Morgan fingerprint density at radius 2 is 2.00 bits per heavy atom. The van der Waals surface area contributed by atoms with Crippen LogP contribution >= 0.6 is 0 Å². The maximum Gasteiger partial charge on any atom is 0.272 e. The lowest BCUT2D eigenvalue weighted by Gasteiger charge is -2.18. The summed E-state index contributed by atoms with van der Waals surface area (Å²) in [7, 11) is 0. The fraction of sp³-hybridized carbons (Fsp3) is 0.357. The van der Waals surface area contributed by atoms with Crippen molar-refractivity contribution in [2.45, 2.75) is 33.2 Å². The second kappa shape index (κ2) is 4.63. The monoisotopic (exact) mass is 274 g/mol. The second-order valence-corrected chi connectivity index (χ2v) is 5.81. The van der Waals surface area contributed by atoms with Crippen LogP contribution in [0.25, 0.3) is 11.3 Å². The predicted octanol–water partition coefficient (Wildman–Crippen LogP) is 3.10. The number of nitro groups is 1. The van der Waals surface area contributed by atoms with E-state index in [0.29, 0.717) is 22.5 Å². The highest BCUT2D eigenvalue weighted by atomic mass is 16.6. The van der Waals surface area contributed by atoms with Gasteiger partial charge in [0.1, 0.15) is 5.69 Å². The van der Waals surface area contributed by atoms with Gasteiger partial charge in [0.25, 0.3) is 5.69 Å². The normalized spacial score (nSPS) is 11.6. The summed E-state index contributed by atoms with van der Waals surface area (Å²) in [4.78, 5) is 10.6. The number of hydrogen-bond donors (Lipinski definition) is 1. The van der Waals surface area contributed by atoms with E-state index in [1.54, 1.807) is 29.9 Å². The molecule has 2 rings (SSSR count). The minimum Gasteiger partial charge on any atom is -0.396 e. The molecular weight excluding hydrogens is 256 g/mol. The van der Waals surface area contributed by atoms with Gasteiger partial charge in [-0.2, -0.15) is 5.10 Å². The van der Waals surface area contributed by atoms with E-state index in [1.165, 1.54) is 6.07 Å². The van der Waals surface area contributed by atoms with Crippen molar-refractivity contribution in [1.29, 1.82) is 0 Å². The lowest BCUT2D eigenvalue weighted by Crippen LogP contribution is -2.22. The Balaban J connectivity index is 2.55. The van der Waals surface area contributed by atoms with Crippen molar-refractivity contribution in [2.24, 2.45) is 0 Å². The molecule has 0 amide bonds. The second-order valence-electron chi connectivity index (χ2n) is 5.81. The molecule has 1 heterocycles. The molecule has 0 saturated heterocycles. The quantitative estimate of drug-likeness (QED) is 0.673. The van der Waals surface area contributed by atoms with Gasteiger partial charge in [0.2, 0.25) is 0 Å². The number of nitro benzene ring substituents is 1. The average Bonchev–Trinajstić information content (AvgIpc) is 2.71. The number of hydrogen-bond acceptors (Lipinski definition) is 4. The highest BCUT2D eigenvalue weighted by molar-refractivity contribution is 5.74. The maximum absolute atomic E-state index is 11.0. The van der Waals surface area contributed by atoms with Crippen molar-refractivity contribution in [3.63, 3.8) is 0 Å². The van der Waals surface area contributed by atoms with Crippen molar-refractivity contribution >= 4 is 11.4 Å². The number of aromatic nitrogens is 2. The van der Waals surface area contributed by atoms with Crippen LogP contribution in [0, 0.1) is 17.0 Å². The SMILES string of the molecule is Cc1ccc(-c2nn(C(C)(C)C)cc2N)cc1[N+](=O)[O-]. The van der Waals surface area contributed by atoms with Crippen LogP contribution in [0.2, 0.25) is 0 Å². The van der Waals surface area contributed by atoms with E-state index in [9.17, 15) is 10.1 Å². The van der Waals surface area contributed by atoms with Gasteiger partial charge in [-0.15, -0.1) is 0 Å². The summed E-state index contributed by atoms with van der Waals surface area (Å²) < 4.78 is 1.77. The molecule has 1 aromatic carbocycles. The molecule has 0 aliphatic heterocycles. The topological polar surface area (TPSA) is 87.0 Å². The summed E-state index contributed by atoms with van der Waals surface area (Å²) in [6.07, 6.45) is 1.75. The predicted molar refractivity (Wildman–Crippen MR) is 78.5 cm³/mol. The van der Waals surface area contributed by atoms with Crippen LogP contribution < -0.4 is 5.73 Å². The Bertz CT molecular complexity index is 668. The number of rotatable bonds is 2. The lowest BCUT2D eigenvalue weighted by atomic mass is 10.1. The van der Waals surface area contributed by atoms with Gasteiger partial charge in [-0.05, 0) is 27.7 Å². The van der Waals surface area contributed by atoms with E-state index in [4.69, 9.17) is 5.73 Å². The number of nitrogens with zero attached hydrogens (tertiary/aromatic N) is 3. The van der Waals surface area contributed by atoms with Gasteiger partial charge in [-0.1, -0.05) is 12.1 Å². The molecule has 0 saturated carbocycles. The van der Waals surface area contributed by atoms with Crippen molar-refractivity contribution in [1.82, 2.24) is 9.78 Å². The molecule has 1 aromatic heterocycles. The third-order valence-electron chi connectivity index (χ3n) is 3.11. The molecule has 0 fully saturated rings. The van der Waals surface area contributed by atoms with Gasteiger partial charge in [-0.3, -0.25) is 14.8 Å². The smallest absolute Gasteiger partial charge is 0.272 e.